The third-order valence-corrected chi connectivity index (χ3v) is 9.51. The summed E-state index contributed by atoms with van der Waals surface area (Å²) in [6, 6.07) is 5.89. The molecule has 1 amide bonds. The van der Waals surface area contributed by atoms with E-state index in [1.54, 1.807) is 19.9 Å². The van der Waals surface area contributed by atoms with Crippen LogP contribution in [0.2, 0.25) is 0 Å². The maximum absolute atomic E-state index is 13.1. The first-order valence-electron chi connectivity index (χ1n) is 11.0. The summed E-state index contributed by atoms with van der Waals surface area (Å²) in [6.45, 7) is 4.49. The molecule has 0 aliphatic heterocycles. The number of amides is 1. The molecule has 1 aromatic rings. The molecule has 8 nitrogen and oxygen atoms in total. The second-order valence-corrected chi connectivity index (χ2v) is 12.2. The Hall–Kier alpha value is -2.00. The summed E-state index contributed by atoms with van der Waals surface area (Å²) >= 11 is 0. The first kappa shape index (κ1) is 22.2. The number of benzene rings is 1. The summed E-state index contributed by atoms with van der Waals surface area (Å²) in [5.41, 5.74) is -1.53. The third kappa shape index (κ3) is 4.22. The number of nitro benzene ring substituents is 1. The van der Waals surface area contributed by atoms with Gasteiger partial charge in [0.1, 0.15) is 10.8 Å². The van der Waals surface area contributed by atoms with Crippen molar-refractivity contribution in [3.63, 3.8) is 0 Å². The third-order valence-electron chi connectivity index (χ3n) is 7.53. The van der Waals surface area contributed by atoms with Crippen molar-refractivity contribution in [3.8, 4) is 0 Å². The minimum Gasteiger partial charge on any atom is -0.351 e. The smallest absolute Gasteiger partial charge is 0.273 e. The maximum atomic E-state index is 13.1. The largest absolute Gasteiger partial charge is 0.351 e. The summed E-state index contributed by atoms with van der Waals surface area (Å²) in [5, 5.41) is 13.3. The summed E-state index contributed by atoms with van der Waals surface area (Å²) in [4.78, 5) is 23.8. The van der Waals surface area contributed by atoms with E-state index in [9.17, 15) is 23.3 Å². The average molecular weight is 450 g/mol. The van der Waals surface area contributed by atoms with E-state index in [4.69, 9.17) is 0 Å². The standard InChI is InChI=1S/C22H31N3O5S/c1-13(18-6-4-5-7-19(18)25(27)28)31(29,30)24-22(2,3)21(26)23-20-16-9-14-8-15(11-16)12-17(20)10-14/h4-7,13-17,20,24H,8-12H2,1-3H3,(H,23,26). The zero-order valence-electron chi connectivity index (χ0n) is 18.2. The highest BCUT2D eigenvalue weighted by atomic mass is 32.2. The van der Waals surface area contributed by atoms with Crippen molar-refractivity contribution in [2.24, 2.45) is 23.7 Å². The van der Waals surface area contributed by atoms with Crippen molar-refractivity contribution in [2.75, 3.05) is 0 Å². The molecular weight excluding hydrogens is 418 g/mol. The van der Waals surface area contributed by atoms with E-state index in [1.807, 2.05) is 0 Å². The Morgan fingerprint density at radius 1 is 1.10 bits per heavy atom. The molecule has 2 N–H and O–H groups in total. The predicted octanol–water partition coefficient (Wildman–Crippen LogP) is 3.29. The van der Waals surface area contributed by atoms with Gasteiger partial charge in [0.05, 0.1) is 4.92 Å². The van der Waals surface area contributed by atoms with Crippen molar-refractivity contribution in [1.29, 1.82) is 0 Å². The van der Waals surface area contributed by atoms with E-state index in [-0.39, 0.29) is 23.2 Å². The van der Waals surface area contributed by atoms with Crippen LogP contribution in [0.3, 0.4) is 0 Å². The molecule has 0 spiro atoms. The molecule has 9 heteroatoms. The van der Waals surface area contributed by atoms with E-state index in [0.29, 0.717) is 11.8 Å². The van der Waals surface area contributed by atoms with Gasteiger partial charge in [0, 0.05) is 17.7 Å². The summed E-state index contributed by atoms with van der Waals surface area (Å²) < 4.78 is 28.6. The van der Waals surface area contributed by atoms with Crippen LogP contribution in [-0.4, -0.2) is 30.8 Å². The van der Waals surface area contributed by atoms with E-state index in [0.717, 1.165) is 37.5 Å². The number of hydrogen-bond acceptors (Lipinski definition) is 5. The van der Waals surface area contributed by atoms with Crippen LogP contribution < -0.4 is 10.0 Å². The van der Waals surface area contributed by atoms with Gasteiger partial charge in [-0.15, -0.1) is 0 Å². The molecule has 0 aromatic heterocycles. The van der Waals surface area contributed by atoms with Crippen molar-refractivity contribution < 1.29 is 18.1 Å². The van der Waals surface area contributed by atoms with Gasteiger partial charge in [0.25, 0.3) is 5.69 Å². The number of sulfonamides is 1. The highest BCUT2D eigenvalue weighted by Gasteiger charge is 2.49. The van der Waals surface area contributed by atoms with Crippen LogP contribution in [0, 0.1) is 33.8 Å². The second-order valence-electron chi connectivity index (χ2n) is 10.2. The van der Waals surface area contributed by atoms with Crippen LogP contribution in [0.5, 0.6) is 0 Å². The Morgan fingerprint density at radius 3 is 2.19 bits per heavy atom. The van der Waals surface area contributed by atoms with Gasteiger partial charge < -0.3 is 5.32 Å². The van der Waals surface area contributed by atoms with Crippen molar-refractivity contribution in [3.05, 3.63) is 39.9 Å². The van der Waals surface area contributed by atoms with E-state index in [1.165, 1.54) is 31.5 Å². The van der Waals surface area contributed by atoms with Gasteiger partial charge in [-0.1, -0.05) is 18.2 Å². The Labute approximate surface area is 183 Å². The van der Waals surface area contributed by atoms with Crippen molar-refractivity contribution in [1.82, 2.24) is 10.0 Å². The summed E-state index contributed by atoms with van der Waals surface area (Å²) in [5.74, 6) is 2.19. The topological polar surface area (TPSA) is 118 Å². The SMILES string of the molecule is CC(c1ccccc1[N+](=O)[O-])S(=O)(=O)NC(C)(C)C(=O)NC1C2CC3CC(C2)CC1C3. The lowest BCUT2D eigenvalue weighted by Gasteiger charge is -2.54. The normalized spacial score (nSPS) is 30.7. The Bertz CT molecular complexity index is 963. The van der Waals surface area contributed by atoms with Gasteiger partial charge in [-0.05, 0) is 76.5 Å². The number of hydrogen-bond donors (Lipinski definition) is 2. The number of carbonyl (C=O) groups excluding carboxylic acids is 1. The van der Waals surface area contributed by atoms with Crippen LogP contribution in [0.15, 0.2) is 24.3 Å². The lowest BCUT2D eigenvalue weighted by Crippen LogP contribution is -2.62. The Balaban J connectivity index is 1.47. The van der Waals surface area contributed by atoms with Gasteiger partial charge in [0.15, 0.2) is 0 Å². The fourth-order valence-electron chi connectivity index (χ4n) is 6.15. The summed E-state index contributed by atoms with van der Waals surface area (Å²) in [7, 11) is -4.05. The van der Waals surface area contributed by atoms with Gasteiger partial charge in [-0.25, -0.2) is 8.42 Å². The van der Waals surface area contributed by atoms with Crippen molar-refractivity contribution >= 4 is 21.6 Å². The minimum absolute atomic E-state index is 0.0947. The Morgan fingerprint density at radius 2 is 1.65 bits per heavy atom. The molecule has 0 saturated heterocycles. The molecule has 4 fully saturated rings. The van der Waals surface area contributed by atoms with E-state index < -0.39 is 25.7 Å². The molecular formula is C22H31N3O5S. The van der Waals surface area contributed by atoms with Crippen LogP contribution in [-0.2, 0) is 14.8 Å². The predicted molar refractivity (Wildman–Crippen MR) is 117 cm³/mol. The van der Waals surface area contributed by atoms with Gasteiger partial charge in [0.2, 0.25) is 15.9 Å². The number of nitrogens with one attached hydrogen (secondary N) is 2. The molecule has 0 heterocycles. The lowest BCUT2D eigenvalue weighted by molar-refractivity contribution is -0.385. The first-order valence-corrected chi connectivity index (χ1v) is 12.6. The second kappa shape index (κ2) is 7.85. The molecule has 1 unspecified atom stereocenters. The van der Waals surface area contributed by atoms with Crippen molar-refractivity contribution in [2.45, 2.75) is 69.7 Å². The minimum atomic E-state index is -4.05. The zero-order valence-corrected chi connectivity index (χ0v) is 19.0. The number of nitrogens with zero attached hydrogens (tertiary/aromatic N) is 1. The number of para-hydroxylation sites is 1. The molecule has 31 heavy (non-hydrogen) atoms. The molecule has 4 saturated carbocycles. The first-order chi connectivity index (χ1) is 14.5. The molecule has 1 aromatic carbocycles. The average Bonchev–Trinajstić information content (AvgIpc) is 2.68. The number of nitro groups is 1. The lowest BCUT2D eigenvalue weighted by atomic mass is 9.54. The molecule has 0 radical (unpaired) electrons. The van der Waals surface area contributed by atoms with Gasteiger partial charge >= 0.3 is 0 Å². The van der Waals surface area contributed by atoms with Crippen LogP contribution >= 0.6 is 0 Å². The highest BCUT2D eigenvalue weighted by molar-refractivity contribution is 7.89. The van der Waals surface area contributed by atoms with E-state index in [2.05, 4.69) is 10.0 Å². The molecule has 4 aliphatic carbocycles. The monoisotopic (exact) mass is 449 g/mol. The Kier molecular flexibility index (Phi) is 5.62. The molecule has 4 aliphatic rings. The van der Waals surface area contributed by atoms with E-state index >= 15 is 0 Å². The fourth-order valence-corrected chi connectivity index (χ4v) is 7.66. The molecule has 170 valence electrons. The van der Waals surface area contributed by atoms with Crippen LogP contribution in [0.25, 0.3) is 0 Å². The maximum Gasteiger partial charge on any atom is 0.273 e. The van der Waals surface area contributed by atoms with Crippen LogP contribution in [0.4, 0.5) is 5.69 Å². The fraction of sp³-hybridized carbons (Fsp3) is 0.682. The zero-order chi connectivity index (χ0) is 22.6. The number of carbonyl (C=O) groups is 1. The number of rotatable bonds is 7. The highest BCUT2D eigenvalue weighted by Crippen LogP contribution is 2.53. The molecule has 4 bridgehead atoms. The molecule has 1 atom stereocenters. The van der Waals surface area contributed by atoms with Crippen LogP contribution in [0.1, 0.15) is 63.7 Å². The van der Waals surface area contributed by atoms with Gasteiger partial charge in [-0.3, -0.25) is 14.9 Å². The quantitative estimate of drug-likeness (QED) is 0.489. The molecule has 5 rings (SSSR count). The van der Waals surface area contributed by atoms with Gasteiger partial charge in [-0.2, -0.15) is 4.72 Å². The summed E-state index contributed by atoms with van der Waals surface area (Å²) in [6.07, 6.45) is 5.93.